The van der Waals surface area contributed by atoms with Crippen molar-refractivity contribution in [2.45, 2.75) is 123 Å². The van der Waals surface area contributed by atoms with Crippen molar-refractivity contribution in [3.63, 3.8) is 0 Å². The van der Waals surface area contributed by atoms with E-state index in [1.807, 2.05) is 0 Å². The lowest BCUT2D eigenvalue weighted by Crippen LogP contribution is -2.41. The molecule has 0 aliphatic rings. The molecule has 31 heavy (non-hydrogen) atoms. The Balaban J connectivity index is 3.50. The van der Waals surface area contributed by atoms with Crippen molar-refractivity contribution < 1.29 is 12.9 Å². The van der Waals surface area contributed by atoms with Crippen LogP contribution in [0.5, 0.6) is 0 Å². The van der Waals surface area contributed by atoms with E-state index in [4.69, 9.17) is 0 Å². The van der Waals surface area contributed by atoms with E-state index in [2.05, 4.69) is 27.9 Å². The molecule has 0 atom stereocenters. The summed E-state index contributed by atoms with van der Waals surface area (Å²) in [7, 11) is 3.06. The SMILES string of the molecule is CCCCCCCCCCCCCCCCCCS(=O)(=O)N(C)CCC[N+](C)(C)CC. The van der Waals surface area contributed by atoms with Crippen LogP contribution >= 0.6 is 0 Å². The normalized spacial score (nSPS) is 12.7. The molecule has 0 N–H and O–H groups in total. The molecule has 0 amide bonds. The van der Waals surface area contributed by atoms with E-state index in [0.717, 1.165) is 36.8 Å². The Morgan fingerprint density at radius 3 is 1.39 bits per heavy atom. The molecule has 0 aliphatic heterocycles. The van der Waals surface area contributed by atoms with E-state index in [-0.39, 0.29) is 0 Å². The summed E-state index contributed by atoms with van der Waals surface area (Å²) < 4.78 is 27.4. The molecule has 0 aromatic rings. The highest BCUT2D eigenvalue weighted by molar-refractivity contribution is 7.89. The zero-order valence-corrected chi connectivity index (χ0v) is 22.8. The van der Waals surface area contributed by atoms with Gasteiger partial charge in [-0.2, -0.15) is 0 Å². The van der Waals surface area contributed by atoms with Crippen LogP contribution in [0, 0.1) is 0 Å². The summed E-state index contributed by atoms with van der Waals surface area (Å²) in [6, 6.07) is 0. The van der Waals surface area contributed by atoms with Gasteiger partial charge in [0, 0.05) is 20.0 Å². The molecule has 0 aromatic heterocycles. The van der Waals surface area contributed by atoms with Crippen molar-refractivity contribution in [2.75, 3.05) is 46.5 Å². The number of sulfonamides is 1. The summed E-state index contributed by atoms with van der Waals surface area (Å²) >= 11 is 0. The van der Waals surface area contributed by atoms with E-state index >= 15 is 0 Å². The molecule has 0 aromatic carbocycles. The lowest BCUT2D eigenvalue weighted by atomic mass is 10.0. The van der Waals surface area contributed by atoms with Gasteiger partial charge in [-0.05, 0) is 13.3 Å². The van der Waals surface area contributed by atoms with E-state index in [0.29, 0.717) is 12.3 Å². The summed E-state index contributed by atoms with van der Waals surface area (Å²) in [5, 5.41) is 0. The molecule has 0 fully saturated rings. The quantitative estimate of drug-likeness (QED) is 0.121. The summed E-state index contributed by atoms with van der Waals surface area (Å²) in [5.41, 5.74) is 0. The average molecular weight is 462 g/mol. The van der Waals surface area contributed by atoms with Crippen LogP contribution in [-0.2, 0) is 10.0 Å². The zero-order chi connectivity index (χ0) is 23.4. The number of rotatable bonds is 23. The molecule has 0 heterocycles. The van der Waals surface area contributed by atoms with Crippen LogP contribution in [-0.4, -0.2) is 63.7 Å². The standard InChI is InChI=1S/C26H57N2O2S/c1-6-8-9-10-11-12-13-14-15-16-17-18-19-20-21-22-26-31(29,30)27(3)24-23-25-28(4,5)7-2/h6-26H2,1-5H3/q+1. The maximum atomic E-state index is 12.4. The first-order valence-corrected chi connectivity index (χ1v) is 15.1. The van der Waals surface area contributed by atoms with E-state index in [1.54, 1.807) is 11.4 Å². The van der Waals surface area contributed by atoms with Crippen molar-refractivity contribution in [1.82, 2.24) is 4.31 Å². The average Bonchev–Trinajstić information content (AvgIpc) is 2.73. The molecule has 0 spiro atoms. The Morgan fingerprint density at radius 1 is 0.613 bits per heavy atom. The lowest BCUT2D eigenvalue weighted by Gasteiger charge is -2.29. The Hall–Kier alpha value is -0.130. The number of unbranched alkanes of at least 4 members (excludes halogenated alkanes) is 15. The summed E-state index contributed by atoms with van der Waals surface area (Å²) in [6.45, 7) is 7.20. The van der Waals surface area contributed by atoms with Gasteiger partial charge in [0.15, 0.2) is 0 Å². The molecule has 0 aliphatic carbocycles. The largest absolute Gasteiger partial charge is 0.329 e. The van der Waals surface area contributed by atoms with Crippen molar-refractivity contribution in [3.8, 4) is 0 Å². The van der Waals surface area contributed by atoms with Crippen LogP contribution in [0.4, 0.5) is 0 Å². The van der Waals surface area contributed by atoms with Crippen LogP contribution in [0.15, 0.2) is 0 Å². The molecule has 0 rings (SSSR count). The monoisotopic (exact) mass is 461 g/mol. The first-order valence-electron chi connectivity index (χ1n) is 13.5. The maximum absolute atomic E-state index is 12.4. The molecule has 0 bridgehead atoms. The highest BCUT2D eigenvalue weighted by Crippen LogP contribution is 2.14. The Kier molecular flexibility index (Phi) is 19.3. The zero-order valence-electron chi connectivity index (χ0n) is 22.0. The molecule has 0 radical (unpaired) electrons. The van der Waals surface area contributed by atoms with Crippen LogP contribution in [0.25, 0.3) is 0 Å². The predicted molar refractivity (Wildman–Crippen MR) is 138 cm³/mol. The topological polar surface area (TPSA) is 37.4 Å². The van der Waals surface area contributed by atoms with Gasteiger partial charge in [0.2, 0.25) is 10.0 Å². The molecular weight excluding hydrogens is 404 g/mol. The lowest BCUT2D eigenvalue weighted by molar-refractivity contribution is -0.888. The smallest absolute Gasteiger partial charge is 0.213 e. The van der Waals surface area contributed by atoms with Crippen molar-refractivity contribution >= 4 is 10.0 Å². The van der Waals surface area contributed by atoms with Gasteiger partial charge >= 0.3 is 0 Å². The van der Waals surface area contributed by atoms with Crippen molar-refractivity contribution in [2.24, 2.45) is 0 Å². The van der Waals surface area contributed by atoms with Gasteiger partial charge in [-0.15, -0.1) is 0 Å². The van der Waals surface area contributed by atoms with Gasteiger partial charge in [-0.3, -0.25) is 0 Å². The van der Waals surface area contributed by atoms with Crippen molar-refractivity contribution in [1.29, 1.82) is 0 Å². The highest BCUT2D eigenvalue weighted by atomic mass is 32.2. The van der Waals surface area contributed by atoms with Gasteiger partial charge in [0.1, 0.15) is 0 Å². The van der Waals surface area contributed by atoms with Gasteiger partial charge < -0.3 is 4.48 Å². The molecular formula is C26H57N2O2S+. The number of hydrogen-bond donors (Lipinski definition) is 0. The third-order valence-electron chi connectivity index (χ3n) is 6.82. The Morgan fingerprint density at radius 2 is 1.00 bits per heavy atom. The number of nitrogens with zero attached hydrogens (tertiary/aromatic N) is 2. The number of quaternary nitrogens is 1. The molecule has 0 saturated carbocycles. The molecule has 0 saturated heterocycles. The van der Waals surface area contributed by atoms with Gasteiger partial charge in [0.25, 0.3) is 0 Å². The fourth-order valence-corrected chi connectivity index (χ4v) is 5.29. The summed E-state index contributed by atoms with van der Waals surface area (Å²) in [6.07, 6.45) is 22.0. The third-order valence-corrected chi connectivity index (χ3v) is 8.76. The second-order valence-corrected chi connectivity index (χ2v) is 12.5. The van der Waals surface area contributed by atoms with Crippen LogP contribution in [0.2, 0.25) is 0 Å². The minimum atomic E-state index is -3.08. The minimum Gasteiger partial charge on any atom is -0.329 e. The van der Waals surface area contributed by atoms with Crippen LogP contribution < -0.4 is 0 Å². The molecule has 188 valence electrons. The van der Waals surface area contributed by atoms with E-state index in [9.17, 15) is 8.42 Å². The number of hydrogen-bond acceptors (Lipinski definition) is 2. The van der Waals surface area contributed by atoms with Gasteiger partial charge in [0.05, 0.1) is 32.9 Å². The first-order chi connectivity index (χ1) is 14.7. The molecule has 0 unspecified atom stereocenters. The second kappa shape index (κ2) is 19.3. The van der Waals surface area contributed by atoms with Gasteiger partial charge in [-0.1, -0.05) is 103 Å². The highest BCUT2D eigenvalue weighted by Gasteiger charge is 2.18. The fourth-order valence-electron chi connectivity index (χ4n) is 4.01. The Bertz CT molecular complexity index is 492. The molecule has 4 nitrogen and oxygen atoms in total. The minimum absolute atomic E-state index is 0.313. The van der Waals surface area contributed by atoms with Crippen molar-refractivity contribution in [3.05, 3.63) is 0 Å². The van der Waals surface area contributed by atoms with Crippen LogP contribution in [0.1, 0.15) is 123 Å². The third kappa shape index (κ3) is 19.1. The summed E-state index contributed by atoms with van der Waals surface area (Å²) in [4.78, 5) is 0. The summed E-state index contributed by atoms with van der Waals surface area (Å²) in [5.74, 6) is 0.313. The fraction of sp³-hybridized carbons (Fsp3) is 1.00. The predicted octanol–water partition coefficient (Wildman–Crippen LogP) is 7.00. The molecule has 5 heteroatoms. The van der Waals surface area contributed by atoms with E-state index < -0.39 is 10.0 Å². The van der Waals surface area contributed by atoms with E-state index in [1.165, 1.54) is 89.9 Å². The second-order valence-electron chi connectivity index (χ2n) is 10.3. The Labute approximate surface area is 196 Å². The van der Waals surface area contributed by atoms with Crippen LogP contribution in [0.3, 0.4) is 0 Å². The first kappa shape index (κ1) is 30.9. The maximum Gasteiger partial charge on any atom is 0.213 e. The van der Waals surface area contributed by atoms with Gasteiger partial charge in [-0.25, -0.2) is 12.7 Å².